The fourth-order valence-corrected chi connectivity index (χ4v) is 3.11. The van der Waals surface area contributed by atoms with Crippen LogP contribution in [0, 0.1) is 17.7 Å². The van der Waals surface area contributed by atoms with Crippen molar-refractivity contribution in [2.24, 2.45) is 11.8 Å². The summed E-state index contributed by atoms with van der Waals surface area (Å²) in [5.41, 5.74) is 0.969. The number of benzene rings is 1. The Labute approximate surface area is 142 Å². The Kier molecular flexibility index (Phi) is 5.48. The van der Waals surface area contributed by atoms with Crippen molar-refractivity contribution in [1.29, 1.82) is 0 Å². The minimum atomic E-state index is -0.260. The summed E-state index contributed by atoms with van der Waals surface area (Å²) >= 11 is 0. The Morgan fingerprint density at radius 2 is 1.83 bits per heavy atom. The van der Waals surface area contributed by atoms with Crippen molar-refractivity contribution < 1.29 is 14.0 Å². The zero-order valence-corrected chi connectivity index (χ0v) is 13.9. The van der Waals surface area contributed by atoms with Gasteiger partial charge in [-0.1, -0.05) is 18.6 Å². The molecule has 5 heteroatoms. The van der Waals surface area contributed by atoms with Crippen LogP contribution in [0.15, 0.2) is 24.3 Å². The van der Waals surface area contributed by atoms with Crippen LogP contribution in [0.25, 0.3) is 0 Å². The van der Waals surface area contributed by atoms with E-state index in [9.17, 15) is 14.0 Å². The van der Waals surface area contributed by atoms with Crippen LogP contribution in [0.2, 0.25) is 0 Å². The van der Waals surface area contributed by atoms with E-state index in [0.717, 1.165) is 31.2 Å². The van der Waals surface area contributed by atoms with E-state index >= 15 is 0 Å². The average Bonchev–Trinajstić information content (AvgIpc) is 3.34. The third-order valence-electron chi connectivity index (χ3n) is 4.99. The molecular weight excluding hydrogens is 307 g/mol. The molecule has 0 heterocycles. The van der Waals surface area contributed by atoms with Crippen molar-refractivity contribution in [2.45, 2.75) is 51.0 Å². The molecule has 130 valence electrons. The average molecular weight is 332 g/mol. The first kappa shape index (κ1) is 16.9. The van der Waals surface area contributed by atoms with Crippen LogP contribution >= 0.6 is 0 Å². The lowest BCUT2D eigenvalue weighted by Crippen LogP contribution is -2.36. The molecule has 0 saturated heterocycles. The maximum atomic E-state index is 13.1. The Morgan fingerprint density at radius 1 is 1.12 bits per heavy atom. The van der Waals surface area contributed by atoms with Gasteiger partial charge in [-0.2, -0.15) is 0 Å². The summed E-state index contributed by atoms with van der Waals surface area (Å²) in [6.45, 7) is 0.549. The standard InChI is InChI=1S/C19H25FN2O2/c20-16-10-8-14(9-11-16)18(13-3-1-4-13)22-17(23)5-2-12-21-19(24)15-6-7-15/h8-11,13,15,18H,1-7,12H2,(H,21,24)(H,22,23)/t18-/m0/s1. The predicted molar refractivity (Wildman–Crippen MR) is 89.6 cm³/mol. The van der Waals surface area contributed by atoms with Gasteiger partial charge in [-0.25, -0.2) is 4.39 Å². The molecule has 1 aromatic rings. The number of rotatable bonds is 8. The number of amides is 2. The fraction of sp³-hybridized carbons (Fsp3) is 0.579. The first-order chi connectivity index (χ1) is 11.6. The Morgan fingerprint density at radius 3 is 2.42 bits per heavy atom. The summed E-state index contributed by atoms with van der Waals surface area (Å²) in [6.07, 6.45) is 6.41. The normalized spacial score (nSPS) is 18.5. The topological polar surface area (TPSA) is 58.2 Å². The number of hydrogen-bond acceptors (Lipinski definition) is 2. The van der Waals surface area contributed by atoms with E-state index in [-0.39, 0.29) is 29.6 Å². The van der Waals surface area contributed by atoms with Crippen molar-refractivity contribution in [3.8, 4) is 0 Å². The SMILES string of the molecule is O=C(CCCNC(=O)C1CC1)N[C@H](c1ccc(F)cc1)C1CCC1. The van der Waals surface area contributed by atoms with Crippen LogP contribution in [0.3, 0.4) is 0 Å². The van der Waals surface area contributed by atoms with Crippen molar-refractivity contribution in [2.75, 3.05) is 6.54 Å². The number of halogens is 1. The van der Waals surface area contributed by atoms with E-state index in [1.165, 1.54) is 18.6 Å². The molecular formula is C19H25FN2O2. The van der Waals surface area contributed by atoms with E-state index in [1.54, 1.807) is 12.1 Å². The highest BCUT2D eigenvalue weighted by molar-refractivity contribution is 5.81. The molecule has 0 spiro atoms. The monoisotopic (exact) mass is 332 g/mol. The summed E-state index contributed by atoms with van der Waals surface area (Å²) in [7, 11) is 0. The summed E-state index contributed by atoms with van der Waals surface area (Å²) in [5.74, 6) is 0.504. The molecule has 1 atom stereocenters. The van der Waals surface area contributed by atoms with Gasteiger partial charge in [-0.15, -0.1) is 0 Å². The Balaban J connectivity index is 1.46. The van der Waals surface area contributed by atoms with Gasteiger partial charge >= 0.3 is 0 Å². The Bertz CT molecular complexity index is 580. The molecule has 2 aliphatic carbocycles. The zero-order chi connectivity index (χ0) is 16.9. The Hall–Kier alpha value is -1.91. The second kappa shape index (κ2) is 7.77. The van der Waals surface area contributed by atoms with Gasteiger partial charge in [0.2, 0.25) is 11.8 Å². The van der Waals surface area contributed by atoms with Crippen molar-refractivity contribution in [1.82, 2.24) is 10.6 Å². The number of carbonyl (C=O) groups excluding carboxylic acids is 2. The maximum Gasteiger partial charge on any atom is 0.223 e. The smallest absolute Gasteiger partial charge is 0.223 e. The first-order valence-electron chi connectivity index (χ1n) is 8.96. The highest BCUT2D eigenvalue weighted by Crippen LogP contribution is 2.37. The minimum absolute atomic E-state index is 0.00287. The van der Waals surface area contributed by atoms with Crippen LogP contribution in [-0.4, -0.2) is 18.4 Å². The van der Waals surface area contributed by atoms with Crippen LogP contribution in [0.5, 0.6) is 0 Å². The molecule has 0 aromatic heterocycles. The van der Waals surface area contributed by atoms with Crippen LogP contribution in [0.1, 0.15) is 56.6 Å². The van der Waals surface area contributed by atoms with Crippen molar-refractivity contribution >= 4 is 11.8 Å². The highest BCUT2D eigenvalue weighted by Gasteiger charge is 2.30. The third-order valence-corrected chi connectivity index (χ3v) is 4.99. The van der Waals surface area contributed by atoms with Crippen LogP contribution in [0.4, 0.5) is 4.39 Å². The minimum Gasteiger partial charge on any atom is -0.356 e. The highest BCUT2D eigenvalue weighted by atomic mass is 19.1. The summed E-state index contributed by atoms with van der Waals surface area (Å²) in [5, 5.41) is 5.98. The van der Waals surface area contributed by atoms with Crippen molar-refractivity contribution in [3.05, 3.63) is 35.6 Å². The van der Waals surface area contributed by atoms with Crippen LogP contribution < -0.4 is 10.6 Å². The van der Waals surface area contributed by atoms with Gasteiger partial charge in [0, 0.05) is 18.9 Å². The molecule has 2 N–H and O–H groups in total. The molecule has 24 heavy (non-hydrogen) atoms. The predicted octanol–water partition coefficient (Wildman–Crippen LogP) is 3.09. The number of carbonyl (C=O) groups is 2. The van der Waals surface area contributed by atoms with Crippen LogP contribution in [-0.2, 0) is 9.59 Å². The van der Waals surface area contributed by atoms with E-state index in [2.05, 4.69) is 10.6 Å². The van der Waals surface area contributed by atoms with E-state index in [0.29, 0.717) is 25.3 Å². The quantitative estimate of drug-likeness (QED) is 0.719. The molecule has 0 bridgehead atoms. The lowest BCUT2D eigenvalue weighted by atomic mass is 9.77. The van der Waals surface area contributed by atoms with E-state index < -0.39 is 0 Å². The molecule has 2 saturated carbocycles. The molecule has 2 aliphatic rings. The van der Waals surface area contributed by atoms with Gasteiger partial charge in [0.25, 0.3) is 0 Å². The van der Waals surface area contributed by atoms with Crippen molar-refractivity contribution in [3.63, 3.8) is 0 Å². The first-order valence-corrected chi connectivity index (χ1v) is 8.96. The molecule has 2 amide bonds. The van der Waals surface area contributed by atoms with E-state index in [4.69, 9.17) is 0 Å². The molecule has 4 nitrogen and oxygen atoms in total. The van der Waals surface area contributed by atoms with Gasteiger partial charge in [0.05, 0.1) is 6.04 Å². The van der Waals surface area contributed by atoms with E-state index in [1.807, 2.05) is 0 Å². The second-order valence-corrected chi connectivity index (χ2v) is 6.96. The zero-order valence-electron chi connectivity index (χ0n) is 13.9. The van der Waals surface area contributed by atoms with Gasteiger partial charge in [-0.3, -0.25) is 9.59 Å². The number of hydrogen-bond donors (Lipinski definition) is 2. The van der Waals surface area contributed by atoms with Gasteiger partial charge in [0.15, 0.2) is 0 Å². The van der Waals surface area contributed by atoms with Gasteiger partial charge in [0.1, 0.15) is 5.82 Å². The molecule has 0 aliphatic heterocycles. The second-order valence-electron chi connectivity index (χ2n) is 6.96. The van der Waals surface area contributed by atoms with Gasteiger partial charge in [-0.05, 0) is 55.7 Å². The molecule has 3 rings (SSSR count). The fourth-order valence-electron chi connectivity index (χ4n) is 3.11. The molecule has 0 unspecified atom stereocenters. The molecule has 2 fully saturated rings. The number of nitrogens with one attached hydrogen (secondary N) is 2. The lowest BCUT2D eigenvalue weighted by Gasteiger charge is -2.34. The largest absolute Gasteiger partial charge is 0.356 e. The molecule has 0 radical (unpaired) electrons. The maximum absolute atomic E-state index is 13.1. The lowest BCUT2D eigenvalue weighted by molar-refractivity contribution is -0.124. The summed E-state index contributed by atoms with van der Waals surface area (Å²) < 4.78 is 13.1. The summed E-state index contributed by atoms with van der Waals surface area (Å²) in [6, 6.07) is 6.37. The van der Waals surface area contributed by atoms with Gasteiger partial charge < -0.3 is 10.6 Å². The summed E-state index contributed by atoms with van der Waals surface area (Å²) in [4.78, 5) is 23.8. The molecule has 1 aromatic carbocycles. The third kappa shape index (κ3) is 4.56.